The van der Waals surface area contributed by atoms with Gasteiger partial charge in [-0.2, -0.15) is 8.62 Å². The predicted molar refractivity (Wildman–Crippen MR) is 183 cm³/mol. The van der Waals surface area contributed by atoms with E-state index >= 15 is 0 Å². The number of unbranched alkanes of at least 4 members (excludes halogenated alkanes) is 4. The maximum atomic E-state index is 14.1. The summed E-state index contributed by atoms with van der Waals surface area (Å²) in [5.41, 5.74) is 3.34. The lowest BCUT2D eigenvalue weighted by atomic mass is 10.1. The van der Waals surface area contributed by atoms with Gasteiger partial charge in [-0.1, -0.05) is 36.5 Å². The topological polar surface area (TPSA) is 351 Å². The highest BCUT2D eigenvalue weighted by atomic mass is 31.3. The maximum absolute atomic E-state index is 14.1. The fourth-order valence-corrected chi connectivity index (χ4v) is 8.00. The molecule has 316 valence electrons. The summed E-state index contributed by atoms with van der Waals surface area (Å²) in [5.74, 6) is -9.83. The molecule has 2 amide bonds. The number of carbonyl (C=O) groups is 2. The summed E-state index contributed by atoms with van der Waals surface area (Å²) in [6.45, 7) is -1.13. The molecule has 0 aliphatic carbocycles. The summed E-state index contributed by atoms with van der Waals surface area (Å²) >= 11 is 0. The molecular weight excluding hydrogens is 847 g/mol. The lowest BCUT2D eigenvalue weighted by Gasteiger charge is -2.19. The largest absolute Gasteiger partial charge is 0.490 e. The van der Waals surface area contributed by atoms with E-state index in [9.17, 15) is 65.3 Å². The number of phosphoric ester groups is 1. The van der Waals surface area contributed by atoms with Gasteiger partial charge in [-0.25, -0.2) is 36.1 Å². The highest BCUT2D eigenvalue weighted by Gasteiger charge is 2.43. The Morgan fingerprint density at radius 3 is 2.25 bits per heavy atom. The van der Waals surface area contributed by atoms with E-state index < -0.39 is 100 Å². The van der Waals surface area contributed by atoms with E-state index in [0.29, 0.717) is 32.1 Å². The Bertz CT molecular complexity index is 2130. The van der Waals surface area contributed by atoms with E-state index in [0.717, 1.165) is 10.8 Å². The maximum Gasteiger partial charge on any atom is 0.490 e. The highest BCUT2D eigenvalue weighted by Crippen LogP contribution is 2.66. The van der Waals surface area contributed by atoms with Crippen molar-refractivity contribution >= 4 is 47.0 Å². The number of aromatic nitrogens is 2. The van der Waals surface area contributed by atoms with Crippen molar-refractivity contribution in [3.05, 3.63) is 77.9 Å². The molecule has 2 heterocycles. The standard InChI is InChI=1S/C27H34F4N7O16P3/c28-20-19(21(29)23(31)24(22(20)30)36-37-32)26(42)34-9-5-3-1-2-4-8-17(40)33-10-6-7-14-12-38(27(43)35-25(14)41)18-11-15(39)16(52-18)13-51-56(47,48)54-57(49,50)53-55(44,45)46/h6-7,12,15-16,18,39H,1-5,8-11,13H2,(H,33,40)(H,34,42)(H,47,48)(H,49,50)(H,35,41,43)(H2,44,45,46)/b7-6+/t15-,16+,18+/m0/s1. The molecule has 8 N–H and O–H groups in total. The number of halogens is 4. The molecule has 1 aromatic carbocycles. The van der Waals surface area contributed by atoms with Crippen molar-refractivity contribution in [2.75, 3.05) is 19.7 Å². The van der Waals surface area contributed by atoms with Gasteiger partial charge in [0.15, 0.2) is 23.3 Å². The molecule has 0 radical (unpaired) electrons. The highest BCUT2D eigenvalue weighted by molar-refractivity contribution is 7.66. The Hall–Kier alpha value is -4.06. The molecule has 0 spiro atoms. The predicted octanol–water partition coefficient (Wildman–Crippen LogP) is 2.93. The average Bonchev–Trinajstić information content (AvgIpc) is 3.46. The first kappa shape index (κ1) is 47.3. The van der Waals surface area contributed by atoms with Crippen LogP contribution in [0.4, 0.5) is 23.2 Å². The fraction of sp³-hybridized carbons (Fsp3) is 0.481. The normalized spacial score (nSPS) is 19.1. The third kappa shape index (κ3) is 14.4. The van der Waals surface area contributed by atoms with Crippen molar-refractivity contribution in [2.24, 2.45) is 5.11 Å². The SMILES string of the molecule is [N-]=[N+]=Nc1c(F)c(F)c(C(=O)NCCCCCCCC(=O)NC/C=C/c2cn([C@H]3C[C@H](O)[C@@H](COP(=O)(O)OP(=O)(O)OP(=O)(O)O)O3)c(=O)[nH]c2=O)c(F)c1F. The molecule has 23 nitrogen and oxygen atoms in total. The van der Waals surface area contributed by atoms with E-state index in [1.807, 2.05) is 4.98 Å². The number of amides is 2. The van der Waals surface area contributed by atoms with E-state index in [1.54, 1.807) is 0 Å². The van der Waals surface area contributed by atoms with Gasteiger partial charge in [0.1, 0.15) is 23.6 Å². The first-order valence-corrected chi connectivity index (χ1v) is 20.7. The minimum absolute atomic E-state index is 0.0400. The summed E-state index contributed by atoms with van der Waals surface area (Å²) in [6, 6.07) is 0. The molecule has 1 aromatic heterocycles. The third-order valence-electron chi connectivity index (χ3n) is 7.52. The zero-order valence-corrected chi connectivity index (χ0v) is 31.6. The van der Waals surface area contributed by atoms with Gasteiger partial charge in [0, 0.05) is 37.0 Å². The van der Waals surface area contributed by atoms with Crippen LogP contribution in [0.15, 0.2) is 27.0 Å². The number of azide groups is 1. The molecule has 0 bridgehead atoms. The number of phosphoric acid groups is 3. The van der Waals surface area contributed by atoms with Crippen LogP contribution in [-0.2, 0) is 36.4 Å². The zero-order chi connectivity index (χ0) is 42.7. The number of benzene rings is 1. The van der Waals surface area contributed by atoms with Crippen molar-refractivity contribution in [3.8, 4) is 0 Å². The van der Waals surface area contributed by atoms with Gasteiger partial charge >= 0.3 is 29.2 Å². The lowest BCUT2D eigenvalue weighted by Crippen LogP contribution is -2.33. The molecule has 3 rings (SSSR count). The number of ether oxygens (including phenoxy) is 1. The van der Waals surface area contributed by atoms with Crippen molar-refractivity contribution in [3.63, 3.8) is 0 Å². The molecule has 2 aromatic rings. The molecule has 57 heavy (non-hydrogen) atoms. The van der Waals surface area contributed by atoms with Crippen molar-refractivity contribution in [2.45, 2.75) is 63.4 Å². The summed E-state index contributed by atoms with van der Waals surface area (Å²) in [4.78, 5) is 89.3. The lowest BCUT2D eigenvalue weighted by molar-refractivity contribution is -0.121. The number of hydrogen-bond acceptors (Lipinski definition) is 13. The minimum Gasteiger partial charge on any atom is -0.390 e. The summed E-state index contributed by atoms with van der Waals surface area (Å²) in [7, 11) is -17.0. The first-order valence-electron chi connectivity index (χ1n) is 16.2. The van der Waals surface area contributed by atoms with Crippen LogP contribution < -0.4 is 21.9 Å². The Morgan fingerprint density at radius 1 is 0.982 bits per heavy atom. The van der Waals surface area contributed by atoms with Crippen molar-refractivity contribution in [1.82, 2.24) is 20.2 Å². The Balaban J connectivity index is 1.39. The number of hydrogen-bond donors (Lipinski definition) is 8. The second kappa shape index (κ2) is 20.6. The van der Waals surface area contributed by atoms with Gasteiger partial charge in [-0.15, -0.1) is 0 Å². The third-order valence-corrected chi connectivity index (χ3v) is 11.3. The van der Waals surface area contributed by atoms with Gasteiger partial charge in [-0.05, 0) is 18.4 Å². The van der Waals surface area contributed by atoms with Crippen LogP contribution >= 0.6 is 23.5 Å². The van der Waals surface area contributed by atoms with Crippen LogP contribution in [0, 0.1) is 23.3 Å². The summed E-state index contributed by atoms with van der Waals surface area (Å²) in [5, 5.41) is 17.6. The second-order valence-electron chi connectivity index (χ2n) is 11.7. The van der Waals surface area contributed by atoms with Crippen molar-refractivity contribution < 1.29 is 83.4 Å². The molecule has 1 aliphatic heterocycles. The first-order chi connectivity index (χ1) is 26.6. The van der Waals surface area contributed by atoms with Crippen LogP contribution in [0.1, 0.15) is 67.1 Å². The average molecular weight is 882 g/mol. The molecule has 0 saturated carbocycles. The number of nitrogens with one attached hydrogen (secondary N) is 3. The molecule has 30 heteroatoms. The fourth-order valence-electron chi connectivity index (χ4n) is 4.97. The molecule has 1 saturated heterocycles. The van der Waals surface area contributed by atoms with Gasteiger partial charge in [-0.3, -0.25) is 28.5 Å². The van der Waals surface area contributed by atoms with E-state index in [2.05, 4.69) is 33.8 Å². The van der Waals surface area contributed by atoms with Crippen LogP contribution in [0.5, 0.6) is 0 Å². The number of H-pyrrole nitrogens is 1. The smallest absolute Gasteiger partial charge is 0.390 e. The summed E-state index contributed by atoms with van der Waals surface area (Å²) < 4.78 is 108. The summed E-state index contributed by atoms with van der Waals surface area (Å²) in [6.07, 6.45) is 1.76. The monoisotopic (exact) mass is 881 g/mol. The van der Waals surface area contributed by atoms with E-state index in [-0.39, 0.29) is 37.4 Å². The minimum atomic E-state index is -5.79. The van der Waals surface area contributed by atoms with Gasteiger partial charge in [0.2, 0.25) is 5.91 Å². The van der Waals surface area contributed by atoms with Gasteiger partial charge in [0.05, 0.1) is 18.3 Å². The molecule has 5 atom stereocenters. The number of aromatic amines is 1. The molecule has 2 unspecified atom stereocenters. The Morgan fingerprint density at radius 2 is 1.61 bits per heavy atom. The van der Waals surface area contributed by atoms with Gasteiger partial charge in [0.25, 0.3) is 11.5 Å². The Labute approximate surface area is 316 Å². The molecular formula is C27H34F4N7O16P3. The second-order valence-corrected chi connectivity index (χ2v) is 16.1. The Kier molecular flexibility index (Phi) is 17.1. The number of aliphatic hydroxyl groups excluding tert-OH is 1. The number of aliphatic hydroxyl groups is 1. The van der Waals surface area contributed by atoms with E-state index in [1.165, 1.54) is 12.2 Å². The van der Waals surface area contributed by atoms with Crippen LogP contribution in [0.25, 0.3) is 16.5 Å². The zero-order valence-electron chi connectivity index (χ0n) is 28.9. The quantitative estimate of drug-likeness (QED) is 0.0170. The molecule has 1 fully saturated rings. The van der Waals surface area contributed by atoms with Gasteiger partial charge < -0.3 is 40.1 Å². The number of carbonyl (C=O) groups excluding carboxylic acids is 2. The van der Waals surface area contributed by atoms with Crippen LogP contribution in [0.2, 0.25) is 0 Å². The number of nitrogens with zero attached hydrogens (tertiary/aromatic N) is 4. The molecule has 1 aliphatic rings. The van der Waals surface area contributed by atoms with Crippen LogP contribution in [-0.4, -0.2) is 77.9 Å². The number of rotatable bonds is 21. The van der Waals surface area contributed by atoms with Crippen LogP contribution in [0.3, 0.4) is 0 Å². The van der Waals surface area contributed by atoms with E-state index in [4.69, 9.17) is 20.1 Å². The van der Waals surface area contributed by atoms with Crippen molar-refractivity contribution in [1.29, 1.82) is 0 Å².